The summed E-state index contributed by atoms with van der Waals surface area (Å²) in [6.07, 6.45) is 0.900. The number of aromatic nitrogens is 2. The molecule has 6 heteroatoms. The van der Waals surface area contributed by atoms with E-state index in [0.29, 0.717) is 0 Å². The third kappa shape index (κ3) is 4.86. The number of carbonyl (C=O) groups is 1. The van der Waals surface area contributed by atoms with Crippen molar-refractivity contribution in [2.45, 2.75) is 47.0 Å². The van der Waals surface area contributed by atoms with E-state index in [1.807, 2.05) is 55.8 Å². The van der Waals surface area contributed by atoms with Crippen LogP contribution in [-0.2, 0) is 35.8 Å². The molecule has 0 aliphatic carbocycles. The second kappa shape index (κ2) is 9.17. The van der Waals surface area contributed by atoms with Crippen LogP contribution in [0.2, 0.25) is 0 Å². The predicted octanol–water partition coefficient (Wildman–Crippen LogP) is 4.66. The Morgan fingerprint density at radius 2 is 1.78 bits per heavy atom. The number of ether oxygens (including phenoxy) is 2. The van der Waals surface area contributed by atoms with Crippen molar-refractivity contribution in [1.29, 1.82) is 0 Å². The van der Waals surface area contributed by atoms with Crippen molar-refractivity contribution in [2.75, 3.05) is 13.7 Å². The van der Waals surface area contributed by atoms with Crippen molar-refractivity contribution in [1.82, 2.24) is 14.7 Å². The topological polar surface area (TPSA) is 56.6 Å². The van der Waals surface area contributed by atoms with E-state index >= 15 is 0 Å². The summed E-state index contributed by atoms with van der Waals surface area (Å²) in [6, 6.07) is 18.5. The molecule has 2 aromatic carbocycles. The van der Waals surface area contributed by atoms with Crippen molar-refractivity contribution >= 4 is 5.97 Å². The van der Waals surface area contributed by atoms with Gasteiger partial charge in [-0.25, -0.2) is 4.68 Å². The minimum absolute atomic E-state index is 0.119. The molecule has 168 valence electrons. The fraction of sp³-hybridized carbons (Fsp3) is 0.385. The molecule has 2 heterocycles. The predicted molar refractivity (Wildman–Crippen MR) is 124 cm³/mol. The highest BCUT2D eigenvalue weighted by atomic mass is 16.5. The Morgan fingerprint density at radius 3 is 2.44 bits per heavy atom. The first-order chi connectivity index (χ1) is 15.3. The molecule has 6 nitrogen and oxygen atoms in total. The molecule has 4 rings (SSSR count). The Kier molecular flexibility index (Phi) is 6.33. The van der Waals surface area contributed by atoms with Gasteiger partial charge in [-0.1, -0.05) is 30.3 Å². The number of fused-ring (bicyclic) bond motifs is 1. The monoisotopic (exact) mass is 433 g/mol. The molecule has 0 spiro atoms. The van der Waals surface area contributed by atoms with Crippen LogP contribution in [0.4, 0.5) is 0 Å². The molecule has 0 saturated carbocycles. The summed E-state index contributed by atoms with van der Waals surface area (Å²) in [5, 5.41) is 4.89. The van der Waals surface area contributed by atoms with Gasteiger partial charge in [0.05, 0.1) is 23.9 Å². The van der Waals surface area contributed by atoms with E-state index in [1.54, 1.807) is 7.11 Å². The van der Waals surface area contributed by atoms with E-state index < -0.39 is 5.41 Å². The van der Waals surface area contributed by atoms with Gasteiger partial charge in [0.1, 0.15) is 5.75 Å². The normalized spacial score (nSPS) is 14.1. The molecule has 1 aliphatic heterocycles. The quantitative estimate of drug-likeness (QED) is 0.529. The number of hydrogen-bond donors (Lipinski definition) is 0. The highest BCUT2D eigenvalue weighted by molar-refractivity contribution is 5.75. The van der Waals surface area contributed by atoms with Crippen LogP contribution in [0.3, 0.4) is 0 Å². The molecule has 0 N–H and O–H groups in total. The summed E-state index contributed by atoms with van der Waals surface area (Å²) in [6.45, 7) is 8.30. The van der Waals surface area contributed by atoms with E-state index in [4.69, 9.17) is 14.6 Å². The molecule has 32 heavy (non-hydrogen) atoms. The summed E-state index contributed by atoms with van der Waals surface area (Å²) in [7, 11) is 1.66. The van der Waals surface area contributed by atoms with Crippen molar-refractivity contribution < 1.29 is 14.3 Å². The van der Waals surface area contributed by atoms with Crippen LogP contribution < -0.4 is 4.74 Å². The van der Waals surface area contributed by atoms with E-state index in [-0.39, 0.29) is 12.7 Å². The number of hydrogen-bond acceptors (Lipinski definition) is 5. The van der Waals surface area contributed by atoms with E-state index in [9.17, 15) is 4.79 Å². The maximum atomic E-state index is 12.4. The Bertz CT molecular complexity index is 1070. The third-order valence-corrected chi connectivity index (χ3v) is 5.76. The average Bonchev–Trinajstić information content (AvgIpc) is 3.15. The number of rotatable bonds is 6. The highest BCUT2D eigenvalue weighted by Gasteiger charge is 2.28. The summed E-state index contributed by atoms with van der Waals surface area (Å²) in [4.78, 5) is 14.8. The zero-order valence-corrected chi connectivity index (χ0v) is 19.3. The molecular weight excluding hydrogens is 402 g/mol. The van der Waals surface area contributed by atoms with Gasteiger partial charge in [-0.05, 0) is 57.0 Å². The first kappa shape index (κ1) is 22.1. The smallest absolute Gasteiger partial charge is 0.313 e. The van der Waals surface area contributed by atoms with Gasteiger partial charge in [0.2, 0.25) is 0 Å². The standard InChI is InChI=1S/C26H31N3O3/c1-26(2,3)25(30)32-18-29-23-17-28(16-19-8-6-5-7-9-19)15-14-22(23)24(27-29)20-10-12-21(31-4)13-11-20/h5-13H,14-18H2,1-4H3. The lowest BCUT2D eigenvalue weighted by atomic mass is 9.97. The zero-order chi connectivity index (χ0) is 22.7. The minimum atomic E-state index is -0.550. The molecule has 0 amide bonds. The first-order valence-electron chi connectivity index (χ1n) is 11.0. The minimum Gasteiger partial charge on any atom is -0.497 e. The lowest BCUT2D eigenvalue weighted by molar-refractivity contribution is -0.157. The van der Waals surface area contributed by atoms with E-state index in [0.717, 1.165) is 48.8 Å². The number of esters is 1. The number of carbonyl (C=O) groups excluding carboxylic acids is 1. The maximum absolute atomic E-state index is 12.4. The molecule has 0 fully saturated rings. The van der Waals surface area contributed by atoms with E-state index in [1.165, 1.54) is 11.1 Å². The van der Waals surface area contributed by atoms with Gasteiger partial charge in [0, 0.05) is 30.8 Å². The van der Waals surface area contributed by atoms with Crippen molar-refractivity contribution in [2.24, 2.45) is 5.41 Å². The number of benzene rings is 2. The van der Waals surface area contributed by atoms with Gasteiger partial charge in [-0.2, -0.15) is 5.10 Å². The summed E-state index contributed by atoms with van der Waals surface area (Å²) in [5.74, 6) is 0.583. The van der Waals surface area contributed by atoms with Gasteiger partial charge in [0.25, 0.3) is 0 Å². The van der Waals surface area contributed by atoms with Crippen LogP contribution >= 0.6 is 0 Å². The second-order valence-electron chi connectivity index (χ2n) is 9.26. The third-order valence-electron chi connectivity index (χ3n) is 5.76. The number of methoxy groups -OCH3 is 1. The van der Waals surface area contributed by atoms with Gasteiger partial charge in [0.15, 0.2) is 6.73 Å². The fourth-order valence-electron chi connectivity index (χ4n) is 3.93. The Labute approximate surface area is 189 Å². The summed E-state index contributed by atoms with van der Waals surface area (Å²) >= 11 is 0. The molecule has 0 radical (unpaired) electrons. The molecule has 0 bridgehead atoms. The van der Waals surface area contributed by atoms with Gasteiger partial charge < -0.3 is 9.47 Å². The lowest BCUT2D eigenvalue weighted by Crippen LogP contribution is -2.32. The molecule has 0 saturated heterocycles. The van der Waals surface area contributed by atoms with Crippen LogP contribution in [0.15, 0.2) is 54.6 Å². The molecule has 0 unspecified atom stereocenters. The Hall–Kier alpha value is -3.12. The Balaban J connectivity index is 1.62. The van der Waals surface area contributed by atoms with Crippen molar-refractivity contribution in [3.63, 3.8) is 0 Å². The van der Waals surface area contributed by atoms with Gasteiger partial charge >= 0.3 is 5.97 Å². The second-order valence-corrected chi connectivity index (χ2v) is 9.26. The van der Waals surface area contributed by atoms with Crippen molar-refractivity contribution in [3.8, 4) is 17.0 Å². The molecule has 3 aromatic rings. The SMILES string of the molecule is COc1ccc(-c2nn(COC(=O)C(C)(C)C)c3c2CCN(Cc2ccccc2)C3)cc1. The zero-order valence-electron chi connectivity index (χ0n) is 19.3. The fourth-order valence-corrected chi connectivity index (χ4v) is 3.93. The van der Waals surface area contributed by atoms with Crippen molar-refractivity contribution in [3.05, 3.63) is 71.4 Å². The molecule has 1 aromatic heterocycles. The van der Waals surface area contributed by atoms with Gasteiger partial charge in [-0.3, -0.25) is 9.69 Å². The average molecular weight is 434 g/mol. The lowest BCUT2D eigenvalue weighted by Gasteiger charge is -2.28. The van der Waals surface area contributed by atoms with Crippen LogP contribution in [0, 0.1) is 5.41 Å². The van der Waals surface area contributed by atoms with E-state index in [2.05, 4.69) is 29.2 Å². The van der Waals surface area contributed by atoms with Crippen LogP contribution in [-0.4, -0.2) is 34.3 Å². The number of nitrogens with zero attached hydrogens (tertiary/aromatic N) is 3. The molecule has 0 atom stereocenters. The molecular formula is C26H31N3O3. The van der Waals surface area contributed by atoms with Gasteiger partial charge in [-0.15, -0.1) is 0 Å². The highest BCUT2D eigenvalue weighted by Crippen LogP contribution is 2.31. The Morgan fingerprint density at radius 1 is 1.06 bits per heavy atom. The first-order valence-corrected chi connectivity index (χ1v) is 11.0. The maximum Gasteiger partial charge on any atom is 0.313 e. The van der Waals surface area contributed by atoms with Crippen LogP contribution in [0.1, 0.15) is 37.6 Å². The summed E-state index contributed by atoms with van der Waals surface area (Å²) in [5.41, 5.74) is 5.07. The van der Waals surface area contributed by atoms with Crippen LogP contribution in [0.25, 0.3) is 11.3 Å². The largest absolute Gasteiger partial charge is 0.497 e. The molecule has 1 aliphatic rings. The summed E-state index contributed by atoms with van der Waals surface area (Å²) < 4.78 is 12.8. The van der Waals surface area contributed by atoms with Crippen LogP contribution in [0.5, 0.6) is 5.75 Å².